The van der Waals surface area contributed by atoms with Crippen LogP contribution in [-0.4, -0.2) is 30.7 Å². The van der Waals surface area contributed by atoms with E-state index in [4.69, 9.17) is 16.3 Å². The number of hydrogen-bond acceptors (Lipinski definition) is 4. The van der Waals surface area contributed by atoms with Gasteiger partial charge in [0.1, 0.15) is 17.2 Å². The van der Waals surface area contributed by atoms with Crippen molar-refractivity contribution in [1.29, 1.82) is 0 Å². The lowest BCUT2D eigenvalue weighted by molar-refractivity contribution is 0.0600. The molecule has 1 saturated heterocycles. The van der Waals surface area contributed by atoms with Gasteiger partial charge in [0.15, 0.2) is 0 Å². The molecule has 0 aliphatic carbocycles. The fourth-order valence-corrected chi connectivity index (χ4v) is 2.79. The number of fused-ring (bicyclic) bond motifs is 1. The number of ether oxygens (including phenoxy) is 2. The lowest BCUT2D eigenvalue weighted by Crippen LogP contribution is -2.45. The van der Waals surface area contributed by atoms with Crippen LogP contribution < -0.4 is 10.1 Å². The van der Waals surface area contributed by atoms with E-state index in [-0.39, 0.29) is 11.4 Å². The monoisotopic (exact) mass is 315 g/mol. The molecule has 0 radical (unpaired) electrons. The lowest BCUT2D eigenvalue weighted by atomic mass is 9.88. The van der Waals surface area contributed by atoms with Gasteiger partial charge in [0.2, 0.25) is 0 Å². The molecule has 1 spiro atoms. The molecule has 0 bridgehead atoms. The number of carbonyl (C=O) groups excluding carboxylic acids is 1. The third-order valence-electron chi connectivity index (χ3n) is 3.63. The van der Waals surface area contributed by atoms with Gasteiger partial charge in [0.05, 0.1) is 6.61 Å². The molecule has 2 heterocycles. The molecule has 3 rings (SSSR count). The summed E-state index contributed by atoms with van der Waals surface area (Å²) in [6, 6.07) is 4.83. The normalized spacial score (nSPS) is 18.2. The zero-order chi connectivity index (χ0) is 15.3. The third-order valence-corrected chi connectivity index (χ3v) is 3.74. The zero-order valence-corrected chi connectivity index (χ0v) is 12.7. The quantitative estimate of drug-likeness (QED) is 0.808. The van der Waals surface area contributed by atoms with Gasteiger partial charge in [-0.25, -0.2) is 9.18 Å². The smallest absolute Gasteiger partial charge is 0.403 e. The highest BCUT2D eigenvalue weighted by atomic mass is 35.5. The maximum atomic E-state index is 13.0. The second-order valence-electron chi connectivity index (χ2n) is 5.13. The van der Waals surface area contributed by atoms with E-state index < -0.39 is 5.43 Å². The maximum absolute atomic E-state index is 13.0. The number of piperidine rings is 1. The standard InChI is InChI=1S/C12H14FNO.C3H5ClO2/c13-10-1-2-11-9(7-10)8-12(15-11)3-5-14-6-4-12;1-2-6-3(4)5/h1-2,7,14H,3-6,8H2;2H2,1H3. The Kier molecular flexibility index (Phi) is 5.42. The summed E-state index contributed by atoms with van der Waals surface area (Å²) in [7, 11) is 0. The van der Waals surface area contributed by atoms with Gasteiger partial charge in [-0.3, -0.25) is 0 Å². The number of rotatable bonds is 1. The number of hydrogen-bond donors (Lipinski definition) is 1. The van der Waals surface area contributed by atoms with E-state index in [1.807, 2.05) is 0 Å². The Morgan fingerprint density at radius 2 is 2.19 bits per heavy atom. The van der Waals surface area contributed by atoms with Crippen molar-refractivity contribution in [3.63, 3.8) is 0 Å². The van der Waals surface area contributed by atoms with Gasteiger partial charge < -0.3 is 14.8 Å². The Morgan fingerprint density at radius 1 is 1.48 bits per heavy atom. The molecule has 0 amide bonds. The summed E-state index contributed by atoms with van der Waals surface area (Å²) < 4.78 is 23.2. The first-order chi connectivity index (χ1) is 10.0. The van der Waals surface area contributed by atoms with Crippen LogP contribution >= 0.6 is 11.6 Å². The van der Waals surface area contributed by atoms with Crippen LogP contribution in [0.3, 0.4) is 0 Å². The molecule has 2 aliphatic heterocycles. The van der Waals surface area contributed by atoms with Crippen molar-refractivity contribution in [2.45, 2.75) is 31.8 Å². The van der Waals surface area contributed by atoms with Crippen LogP contribution in [0.15, 0.2) is 18.2 Å². The maximum Gasteiger partial charge on any atom is 0.403 e. The van der Waals surface area contributed by atoms with E-state index >= 15 is 0 Å². The first-order valence-electron chi connectivity index (χ1n) is 7.05. The second-order valence-corrected chi connectivity index (χ2v) is 5.44. The molecule has 6 heteroatoms. The largest absolute Gasteiger partial charge is 0.487 e. The molecule has 116 valence electrons. The minimum absolute atomic E-state index is 0.0542. The first-order valence-corrected chi connectivity index (χ1v) is 7.43. The number of nitrogens with one attached hydrogen (secondary N) is 1. The summed E-state index contributed by atoms with van der Waals surface area (Å²) in [4.78, 5) is 9.59. The molecular weight excluding hydrogens is 297 g/mol. The van der Waals surface area contributed by atoms with Gasteiger partial charge in [-0.05, 0) is 51.1 Å². The molecule has 2 aliphatic rings. The summed E-state index contributed by atoms with van der Waals surface area (Å²) in [6.07, 6.45) is 2.90. The van der Waals surface area contributed by atoms with Crippen molar-refractivity contribution < 1.29 is 18.7 Å². The van der Waals surface area contributed by atoms with E-state index in [1.165, 1.54) is 6.07 Å². The summed E-state index contributed by atoms with van der Waals surface area (Å²) in [5, 5.41) is 3.32. The second kappa shape index (κ2) is 7.09. The Morgan fingerprint density at radius 3 is 2.76 bits per heavy atom. The lowest BCUT2D eigenvalue weighted by Gasteiger charge is -2.33. The predicted octanol–water partition coefficient (Wildman–Crippen LogP) is 3.26. The highest BCUT2D eigenvalue weighted by molar-refractivity contribution is 6.61. The first kappa shape index (κ1) is 16.0. The average molecular weight is 316 g/mol. The molecule has 4 nitrogen and oxygen atoms in total. The molecule has 0 aromatic heterocycles. The van der Waals surface area contributed by atoms with E-state index in [2.05, 4.69) is 10.1 Å². The molecule has 0 saturated carbocycles. The van der Waals surface area contributed by atoms with Crippen molar-refractivity contribution in [1.82, 2.24) is 5.32 Å². The molecule has 1 aromatic rings. The predicted molar refractivity (Wildman–Crippen MR) is 78.4 cm³/mol. The third kappa shape index (κ3) is 4.32. The van der Waals surface area contributed by atoms with Crippen LogP contribution in [0.25, 0.3) is 0 Å². The number of halogens is 2. The Bertz CT molecular complexity index is 504. The van der Waals surface area contributed by atoms with E-state index in [0.717, 1.165) is 43.7 Å². The van der Waals surface area contributed by atoms with Gasteiger partial charge in [-0.2, -0.15) is 0 Å². The molecular formula is C15H19ClFNO3. The highest BCUT2D eigenvalue weighted by Crippen LogP contribution is 2.39. The summed E-state index contributed by atoms with van der Waals surface area (Å²) in [6.45, 7) is 4.04. The molecule has 1 aromatic carbocycles. The molecule has 0 unspecified atom stereocenters. The van der Waals surface area contributed by atoms with Crippen molar-refractivity contribution in [2.75, 3.05) is 19.7 Å². The van der Waals surface area contributed by atoms with Gasteiger partial charge in [0.25, 0.3) is 0 Å². The van der Waals surface area contributed by atoms with Crippen LogP contribution in [0.5, 0.6) is 5.75 Å². The molecule has 1 fully saturated rings. The van der Waals surface area contributed by atoms with E-state index in [0.29, 0.717) is 6.61 Å². The summed E-state index contributed by atoms with van der Waals surface area (Å²) in [5.41, 5.74) is 0.232. The Balaban J connectivity index is 0.000000232. The fraction of sp³-hybridized carbons (Fsp3) is 0.533. The van der Waals surface area contributed by atoms with Crippen LogP contribution in [-0.2, 0) is 11.2 Å². The van der Waals surface area contributed by atoms with Crippen LogP contribution in [0.1, 0.15) is 25.3 Å². The summed E-state index contributed by atoms with van der Waals surface area (Å²) in [5.74, 6) is 0.710. The van der Waals surface area contributed by atoms with Gasteiger partial charge in [0, 0.05) is 23.6 Å². The minimum atomic E-state index is -0.738. The van der Waals surface area contributed by atoms with E-state index in [9.17, 15) is 9.18 Å². The highest BCUT2D eigenvalue weighted by Gasteiger charge is 2.40. The van der Waals surface area contributed by atoms with Crippen LogP contribution in [0.4, 0.5) is 9.18 Å². The molecule has 0 atom stereocenters. The summed E-state index contributed by atoms with van der Waals surface area (Å²) >= 11 is 4.72. The van der Waals surface area contributed by atoms with Gasteiger partial charge in [-0.1, -0.05) is 0 Å². The number of carbonyl (C=O) groups is 1. The van der Waals surface area contributed by atoms with Gasteiger partial charge >= 0.3 is 5.43 Å². The molecule has 21 heavy (non-hydrogen) atoms. The van der Waals surface area contributed by atoms with Gasteiger partial charge in [-0.15, -0.1) is 0 Å². The minimum Gasteiger partial charge on any atom is -0.487 e. The van der Waals surface area contributed by atoms with Crippen LogP contribution in [0, 0.1) is 5.82 Å². The van der Waals surface area contributed by atoms with Crippen molar-refractivity contribution in [3.8, 4) is 5.75 Å². The Labute approximate surface area is 128 Å². The fourth-order valence-electron chi connectivity index (χ4n) is 2.68. The van der Waals surface area contributed by atoms with Crippen LogP contribution in [0.2, 0.25) is 0 Å². The molecule has 1 N–H and O–H groups in total. The Hall–Kier alpha value is -1.33. The number of benzene rings is 1. The van der Waals surface area contributed by atoms with Crippen molar-refractivity contribution >= 4 is 17.0 Å². The SMILES string of the molecule is CCOC(=O)Cl.Fc1ccc2c(c1)CC1(CCNCC1)O2. The van der Waals surface area contributed by atoms with E-state index in [1.54, 1.807) is 19.1 Å². The van der Waals surface area contributed by atoms with Crippen molar-refractivity contribution in [2.24, 2.45) is 0 Å². The zero-order valence-electron chi connectivity index (χ0n) is 12.0. The van der Waals surface area contributed by atoms with Crippen molar-refractivity contribution in [3.05, 3.63) is 29.6 Å². The average Bonchev–Trinajstić information content (AvgIpc) is 2.76. The topological polar surface area (TPSA) is 47.6 Å².